The number of aromatic nitrogens is 3. The summed E-state index contributed by atoms with van der Waals surface area (Å²) in [5.74, 6) is 0.00325. The molecule has 1 saturated carbocycles. The maximum atomic E-state index is 12.4. The summed E-state index contributed by atoms with van der Waals surface area (Å²) in [5.41, 5.74) is 0.924. The van der Waals surface area contributed by atoms with Crippen molar-refractivity contribution >= 4 is 32.9 Å². The van der Waals surface area contributed by atoms with Crippen LogP contribution in [0.25, 0.3) is 11.0 Å². The number of ether oxygens (including phenoxy) is 1. The van der Waals surface area contributed by atoms with E-state index in [4.69, 9.17) is 4.74 Å². The highest BCUT2D eigenvalue weighted by Crippen LogP contribution is 2.51. The number of hydrogen-bond donors (Lipinski definition) is 0. The largest absolute Gasteiger partial charge is 0.464 e. The zero-order valence-corrected chi connectivity index (χ0v) is 13.3. The standard InChI is InChI=1S/C14H16BrN3O2/c1-4-20-13(19)14(7-8(14)2)18-12-10(9(3)17-18)5-6-11(15)16-12/h5-6,8H,4,7H2,1-3H3. The highest BCUT2D eigenvalue weighted by molar-refractivity contribution is 9.10. The molecule has 20 heavy (non-hydrogen) atoms. The number of carbonyl (C=O) groups excluding carboxylic acids is 1. The average molecular weight is 338 g/mol. The Morgan fingerprint density at radius 3 is 2.90 bits per heavy atom. The molecule has 2 heterocycles. The molecule has 2 unspecified atom stereocenters. The fourth-order valence-corrected chi connectivity index (χ4v) is 3.03. The number of aryl methyl sites for hydroxylation is 1. The summed E-state index contributed by atoms with van der Waals surface area (Å²) in [6.07, 6.45) is 0.746. The fourth-order valence-electron chi connectivity index (χ4n) is 2.73. The Hall–Kier alpha value is -1.43. The summed E-state index contributed by atoms with van der Waals surface area (Å²) in [6.45, 7) is 6.17. The van der Waals surface area contributed by atoms with E-state index in [9.17, 15) is 4.79 Å². The van der Waals surface area contributed by atoms with Gasteiger partial charge in [0, 0.05) is 5.39 Å². The van der Waals surface area contributed by atoms with Crippen molar-refractivity contribution in [1.29, 1.82) is 0 Å². The van der Waals surface area contributed by atoms with Crippen LogP contribution in [0.15, 0.2) is 16.7 Å². The number of pyridine rings is 1. The Morgan fingerprint density at radius 2 is 2.30 bits per heavy atom. The minimum Gasteiger partial charge on any atom is -0.464 e. The van der Waals surface area contributed by atoms with E-state index in [0.717, 1.165) is 27.8 Å². The van der Waals surface area contributed by atoms with Crippen LogP contribution in [0.4, 0.5) is 0 Å². The lowest BCUT2D eigenvalue weighted by atomic mass is 10.2. The normalized spacial score (nSPS) is 24.9. The van der Waals surface area contributed by atoms with Crippen LogP contribution in [-0.2, 0) is 15.1 Å². The van der Waals surface area contributed by atoms with E-state index in [1.807, 2.05) is 32.9 Å². The number of nitrogens with zero attached hydrogens (tertiary/aromatic N) is 3. The van der Waals surface area contributed by atoms with Crippen LogP contribution in [0.5, 0.6) is 0 Å². The van der Waals surface area contributed by atoms with Crippen LogP contribution in [0.1, 0.15) is 26.0 Å². The van der Waals surface area contributed by atoms with Gasteiger partial charge in [-0.1, -0.05) is 6.92 Å². The Labute approximate surface area is 125 Å². The molecule has 2 aromatic rings. The highest BCUT2D eigenvalue weighted by Gasteiger charge is 2.62. The molecule has 0 amide bonds. The van der Waals surface area contributed by atoms with Gasteiger partial charge in [0.1, 0.15) is 4.60 Å². The summed E-state index contributed by atoms with van der Waals surface area (Å²) in [5, 5.41) is 5.52. The fraction of sp³-hybridized carbons (Fsp3) is 0.500. The summed E-state index contributed by atoms with van der Waals surface area (Å²) in [7, 11) is 0. The van der Waals surface area contributed by atoms with Crippen molar-refractivity contribution in [2.45, 2.75) is 32.7 Å². The van der Waals surface area contributed by atoms with Gasteiger partial charge in [-0.2, -0.15) is 5.10 Å². The van der Waals surface area contributed by atoms with Gasteiger partial charge in [-0.05, 0) is 54.2 Å². The smallest absolute Gasteiger partial charge is 0.334 e. The lowest BCUT2D eigenvalue weighted by molar-refractivity contribution is -0.149. The van der Waals surface area contributed by atoms with Gasteiger partial charge < -0.3 is 4.74 Å². The minimum absolute atomic E-state index is 0.210. The van der Waals surface area contributed by atoms with E-state index in [1.165, 1.54) is 0 Å². The van der Waals surface area contributed by atoms with E-state index < -0.39 is 5.54 Å². The molecular formula is C14H16BrN3O2. The zero-order chi connectivity index (χ0) is 14.5. The molecule has 1 aliphatic rings. The van der Waals surface area contributed by atoms with Crippen LogP contribution in [0, 0.1) is 12.8 Å². The van der Waals surface area contributed by atoms with Crippen molar-refractivity contribution in [3.63, 3.8) is 0 Å². The van der Waals surface area contributed by atoms with Gasteiger partial charge in [0.05, 0.1) is 12.3 Å². The van der Waals surface area contributed by atoms with Crippen molar-refractivity contribution in [1.82, 2.24) is 14.8 Å². The molecule has 2 aromatic heterocycles. The topological polar surface area (TPSA) is 57.0 Å². The molecule has 0 aliphatic heterocycles. The van der Waals surface area contributed by atoms with Crippen molar-refractivity contribution in [2.75, 3.05) is 6.61 Å². The van der Waals surface area contributed by atoms with Crippen molar-refractivity contribution < 1.29 is 9.53 Å². The third-order valence-electron chi connectivity index (χ3n) is 3.96. The highest BCUT2D eigenvalue weighted by atomic mass is 79.9. The van der Waals surface area contributed by atoms with E-state index in [1.54, 1.807) is 4.68 Å². The summed E-state index contributed by atoms with van der Waals surface area (Å²) in [4.78, 5) is 16.8. The van der Waals surface area contributed by atoms with Gasteiger partial charge in [-0.15, -0.1) is 0 Å². The molecule has 1 fully saturated rings. The lowest BCUT2D eigenvalue weighted by Crippen LogP contribution is -2.33. The van der Waals surface area contributed by atoms with E-state index in [2.05, 4.69) is 26.0 Å². The van der Waals surface area contributed by atoms with Gasteiger partial charge in [-0.25, -0.2) is 14.5 Å². The molecule has 5 nitrogen and oxygen atoms in total. The third kappa shape index (κ3) is 1.78. The number of esters is 1. The number of hydrogen-bond acceptors (Lipinski definition) is 4. The second kappa shape index (κ2) is 4.55. The molecule has 6 heteroatoms. The second-order valence-electron chi connectivity index (χ2n) is 5.25. The predicted molar refractivity (Wildman–Crippen MR) is 78.4 cm³/mol. The average Bonchev–Trinajstić information content (AvgIpc) is 2.98. The first-order valence-electron chi connectivity index (χ1n) is 6.70. The number of fused-ring (bicyclic) bond motifs is 1. The summed E-state index contributed by atoms with van der Waals surface area (Å²) < 4.78 is 7.73. The van der Waals surface area contributed by atoms with Gasteiger partial charge in [0.15, 0.2) is 11.2 Å². The molecule has 106 valence electrons. The summed E-state index contributed by atoms with van der Waals surface area (Å²) >= 11 is 3.38. The summed E-state index contributed by atoms with van der Waals surface area (Å²) in [6, 6.07) is 3.85. The van der Waals surface area contributed by atoms with Crippen molar-refractivity contribution in [2.24, 2.45) is 5.92 Å². The molecule has 0 radical (unpaired) electrons. The quantitative estimate of drug-likeness (QED) is 0.638. The van der Waals surface area contributed by atoms with Crippen molar-refractivity contribution in [3.8, 4) is 0 Å². The van der Waals surface area contributed by atoms with Gasteiger partial charge in [0.25, 0.3) is 0 Å². The van der Waals surface area contributed by atoms with Crippen molar-refractivity contribution in [3.05, 3.63) is 22.4 Å². The molecule has 0 bridgehead atoms. The first-order valence-corrected chi connectivity index (χ1v) is 7.49. The molecule has 1 aliphatic carbocycles. The Bertz CT molecular complexity index is 697. The van der Waals surface area contributed by atoms with Crippen LogP contribution in [-0.4, -0.2) is 27.3 Å². The second-order valence-corrected chi connectivity index (χ2v) is 6.06. The molecule has 0 spiro atoms. The first-order chi connectivity index (χ1) is 9.50. The van der Waals surface area contributed by atoms with Crippen LogP contribution >= 0.6 is 15.9 Å². The SMILES string of the molecule is CCOC(=O)C1(n2nc(C)c3ccc(Br)nc32)CC1C. The predicted octanol–water partition coefficient (Wildman–Crippen LogP) is 2.80. The van der Waals surface area contributed by atoms with E-state index in [-0.39, 0.29) is 11.9 Å². The lowest BCUT2D eigenvalue weighted by Gasteiger charge is -2.16. The van der Waals surface area contributed by atoms with Crippen LogP contribution < -0.4 is 0 Å². The maximum absolute atomic E-state index is 12.4. The molecule has 2 atom stereocenters. The molecule has 0 saturated heterocycles. The van der Waals surface area contributed by atoms with E-state index >= 15 is 0 Å². The Balaban J connectivity index is 2.19. The van der Waals surface area contributed by atoms with Crippen LogP contribution in [0.3, 0.4) is 0 Å². The molecular weight excluding hydrogens is 322 g/mol. The number of carbonyl (C=O) groups is 1. The Kier molecular flexibility index (Phi) is 3.08. The zero-order valence-electron chi connectivity index (χ0n) is 11.7. The molecule has 0 N–H and O–H groups in total. The maximum Gasteiger partial charge on any atom is 0.334 e. The molecule has 0 aromatic carbocycles. The number of halogens is 1. The molecule has 3 rings (SSSR count). The van der Waals surface area contributed by atoms with Gasteiger partial charge in [0.2, 0.25) is 0 Å². The third-order valence-corrected chi connectivity index (χ3v) is 4.40. The van der Waals surface area contributed by atoms with Crippen LogP contribution in [0.2, 0.25) is 0 Å². The monoisotopic (exact) mass is 337 g/mol. The van der Waals surface area contributed by atoms with Gasteiger partial charge >= 0.3 is 5.97 Å². The minimum atomic E-state index is -0.684. The Morgan fingerprint density at radius 1 is 1.60 bits per heavy atom. The number of rotatable bonds is 3. The van der Waals surface area contributed by atoms with E-state index in [0.29, 0.717) is 6.61 Å². The van der Waals surface area contributed by atoms with Gasteiger partial charge in [-0.3, -0.25) is 0 Å². The first kappa shape index (κ1) is 13.5.